The molecule has 7 nitrogen and oxygen atoms in total. The Kier molecular flexibility index (Phi) is 7.74. The maximum Gasteiger partial charge on any atom is 0.312 e. The maximum atomic E-state index is 11.8. The third kappa shape index (κ3) is 7.40. The second kappa shape index (κ2) is 8.47. The quantitative estimate of drug-likeness (QED) is 0.444. The van der Waals surface area contributed by atoms with E-state index in [1.165, 1.54) is 6.92 Å². The van der Waals surface area contributed by atoms with Gasteiger partial charge >= 0.3 is 6.03 Å². The molecule has 3 amide bonds. The largest absolute Gasteiger partial charge is 0.352 e. The number of nitrogens with two attached hydrogens (primary N) is 2. The van der Waals surface area contributed by atoms with Crippen molar-refractivity contribution in [3.63, 3.8) is 0 Å². The molecule has 0 fully saturated rings. The highest BCUT2D eigenvalue weighted by atomic mass is 16.2. The zero-order chi connectivity index (χ0) is 15.0. The highest BCUT2D eigenvalue weighted by Gasteiger charge is 2.22. The lowest BCUT2D eigenvalue weighted by Crippen LogP contribution is -2.50. The van der Waals surface area contributed by atoms with Gasteiger partial charge in [0, 0.05) is 6.54 Å². The molecule has 0 heterocycles. The van der Waals surface area contributed by atoms with Crippen LogP contribution in [-0.4, -0.2) is 36.3 Å². The van der Waals surface area contributed by atoms with Crippen molar-refractivity contribution in [1.82, 2.24) is 10.6 Å². The van der Waals surface area contributed by atoms with E-state index in [4.69, 9.17) is 11.5 Å². The van der Waals surface area contributed by atoms with Gasteiger partial charge in [0.05, 0.1) is 12.1 Å². The van der Waals surface area contributed by atoms with Crippen molar-refractivity contribution >= 4 is 17.7 Å². The first kappa shape index (κ1) is 17.4. The van der Waals surface area contributed by atoms with Crippen molar-refractivity contribution in [3.8, 4) is 0 Å². The van der Waals surface area contributed by atoms with Gasteiger partial charge in [-0.1, -0.05) is 13.8 Å². The third-order valence-electron chi connectivity index (χ3n) is 2.80. The van der Waals surface area contributed by atoms with Gasteiger partial charge in [-0.3, -0.25) is 9.59 Å². The zero-order valence-corrected chi connectivity index (χ0v) is 11.7. The fraction of sp³-hybridized carbons (Fsp3) is 0.750. The summed E-state index contributed by atoms with van der Waals surface area (Å²) in [5, 5.41) is 5.05. The van der Waals surface area contributed by atoms with Crippen molar-refractivity contribution < 1.29 is 14.4 Å². The summed E-state index contributed by atoms with van der Waals surface area (Å²) in [5.74, 6) is -0.467. The molecule has 0 bridgehead atoms. The molecule has 0 aliphatic heterocycles. The topological polar surface area (TPSA) is 127 Å². The van der Waals surface area contributed by atoms with Crippen molar-refractivity contribution in [2.24, 2.45) is 17.4 Å². The summed E-state index contributed by atoms with van der Waals surface area (Å²) in [6.45, 7) is 5.45. The van der Waals surface area contributed by atoms with E-state index in [1.54, 1.807) is 0 Å². The molecule has 0 spiro atoms. The number of amides is 3. The number of urea groups is 1. The first-order chi connectivity index (χ1) is 8.75. The van der Waals surface area contributed by atoms with Gasteiger partial charge in [0.25, 0.3) is 0 Å². The van der Waals surface area contributed by atoms with Crippen LogP contribution in [0.5, 0.6) is 0 Å². The maximum absolute atomic E-state index is 11.8. The van der Waals surface area contributed by atoms with Gasteiger partial charge in [0.2, 0.25) is 5.91 Å². The van der Waals surface area contributed by atoms with Gasteiger partial charge in [-0.05, 0) is 25.7 Å². The van der Waals surface area contributed by atoms with Crippen LogP contribution in [0.15, 0.2) is 0 Å². The Hall–Kier alpha value is -1.63. The Morgan fingerprint density at radius 2 is 1.79 bits per heavy atom. The molecule has 6 N–H and O–H groups in total. The van der Waals surface area contributed by atoms with E-state index >= 15 is 0 Å². The second-order valence-electron chi connectivity index (χ2n) is 4.87. The van der Waals surface area contributed by atoms with Gasteiger partial charge in [-0.15, -0.1) is 0 Å². The van der Waals surface area contributed by atoms with Crippen LogP contribution >= 0.6 is 0 Å². The van der Waals surface area contributed by atoms with Crippen LogP contribution in [0.4, 0.5) is 4.79 Å². The number of hydrogen-bond donors (Lipinski definition) is 4. The summed E-state index contributed by atoms with van der Waals surface area (Å²) in [5.41, 5.74) is 10.6. The Morgan fingerprint density at radius 1 is 1.21 bits per heavy atom. The Labute approximate surface area is 113 Å². The van der Waals surface area contributed by atoms with Crippen LogP contribution in [-0.2, 0) is 9.59 Å². The van der Waals surface area contributed by atoms with E-state index in [0.717, 1.165) is 0 Å². The van der Waals surface area contributed by atoms with E-state index in [2.05, 4.69) is 10.6 Å². The van der Waals surface area contributed by atoms with E-state index in [9.17, 15) is 14.4 Å². The minimum absolute atomic E-state index is 0.00383. The number of rotatable bonds is 8. The number of carbonyl (C=O) groups is 3. The average molecular weight is 272 g/mol. The van der Waals surface area contributed by atoms with Gasteiger partial charge in [-0.25, -0.2) is 4.79 Å². The van der Waals surface area contributed by atoms with Crippen molar-refractivity contribution in [1.29, 1.82) is 0 Å². The number of nitrogens with one attached hydrogen (secondary N) is 2. The molecule has 0 unspecified atom stereocenters. The second-order valence-corrected chi connectivity index (χ2v) is 4.87. The van der Waals surface area contributed by atoms with Crippen LogP contribution in [0.3, 0.4) is 0 Å². The summed E-state index contributed by atoms with van der Waals surface area (Å²) in [7, 11) is 0. The molecule has 2 atom stereocenters. The van der Waals surface area contributed by atoms with E-state index in [0.29, 0.717) is 19.4 Å². The molecular weight excluding hydrogens is 248 g/mol. The fourth-order valence-corrected chi connectivity index (χ4v) is 1.47. The number of ketones is 1. The molecule has 0 aromatic rings. The lowest BCUT2D eigenvalue weighted by atomic mass is 10.0. The summed E-state index contributed by atoms with van der Waals surface area (Å²) < 4.78 is 0. The Morgan fingerprint density at radius 3 is 2.21 bits per heavy atom. The number of hydrogen-bond acceptors (Lipinski definition) is 4. The third-order valence-corrected chi connectivity index (χ3v) is 2.80. The lowest BCUT2D eigenvalue weighted by Gasteiger charge is -2.20. The summed E-state index contributed by atoms with van der Waals surface area (Å²) in [4.78, 5) is 33.7. The fourth-order valence-electron chi connectivity index (χ4n) is 1.47. The molecule has 19 heavy (non-hydrogen) atoms. The smallest absolute Gasteiger partial charge is 0.312 e. The zero-order valence-electron chi connectivity index (χ0n) is 11.7. The molecule has 0 aliphatic carbocycles. The molecule has 7 heteroatoms. The number of primary amides is 1. The predicted octanol–water partition coefficient (Wildman–Crippen LogP) is -0.508. The SMILES string of the molecule is CC(=O)[C@H](CCCNC(N)=O)NC(=O)[C@@H](N)C(C)C. The van der Waals surface area contributed by atoms with Gasteiger partial charge in [0.1, 0.15) is 0 Å². The van der Waals surface area contributed by atoms with E-state index < -0.39 is 18.1 Å². The average Bonchev–Trinajstić information content (AvgIpc) is 2.30. The monoisotopic (exact) mass is 272 g/mol. The molecule has 0 aliphatic rings. The Balaban J connectivity index is 4.23. The van der Waals surface area contributed by atoms with Crippen LogP contribution < -0.4 is 22.1 Å². The molecule has 0 rings (SSSR count). The van der Waals surface area contributed by atoms with E-state index in [1.807, 2.05) is 13.8 Å². The molecule has 0 radical (unpaired) electrons. The summed E-state index contributed by atoms with van der Waals surface area (Å²) >= 11 is 0. The number of carbonyl (C=O) groups excluding carboxylic acids is 3. The van der Waals surface area contributed by atoms with Crippen LogP contribution in [0.25, 0.3) is 0 Å². The molecule has 110 valence electrons. The minimum atomic E-state index is -0.634. The first-order valence-electron chi connectivity index (χ1n) is 6.35. The van der Waals surface area contributed by atoms with Crippen LogP contribution in [0.2, 0.25) is 0 Å². The van der Waals surface area contributed by atoms with Gasteiger partial charge in [0.15, 0.2) is 5.78 Å². The lowest BCUT2D eigenvalue weighted by molar-refractivity contribution is -0.128. The molecule has 0 saturated heterocycles. The highest BCUT2D eigenvalue weighted by molar-refractivity contribution is 5.89. The number of Topliss-reactive ketones (excluding diaryl/α,β-unsaturated/α-hetero) is 1. The Bertz CT molecular complexity index is 331. The van der Waals surface area contributed by atoms with Gasteiger partial charge in [-0.2, -0.15) is 0 Å². The molecule has 0 aromatic heterocycles. The van der Waals surface area contributed by atoms with Crippen LogP contribution in [0, 0.1) is 5.92 Å². The molecule has 0 aromatic carbocycles. The molecular formula is C12H24N4O3. The van der Waals surface area contributed by atoms with Crippen molar-refractivity contribution in [2.75, 3.05) is 6.54 Å². The summed E-state index contributed by atoms with van der Waals surface area (Å²) in [6.07, 6.45) is 0.983. The predicted molar refractivity (Wildman–Crippen MR) is 72.2 cm³/mol. The van der Waals surface area contributed by atoms with Gasteiger partial charge < -0.3 is 22.1 Å². The van der Waals surface area contributed by atoms with Crippen LogP contribution in [0.1, 0.15) is 33.6 Å². The summed E-state index contributed by atoms with van der Waals surface area (Å²) in [6, 6.07) is -1.82. The normalized spacial score (nSPS) is 13.7. The van der Waals surface area contributed by atoms with Crippen molar-refractivity contribution in [3.05, 3.63) is 0 Å². The highest BCUT2D eigenvalue weighted by Crippen LogP contribution is 2.02. The first-order valence-corrected chi connectivity index (χ1v) is 6.35. The minimum Gasteiger partial charge on any atom is -0.352 e. The standard InChI is InChI=1S/C12H24N4O3/c1-7(2)10(13)11(18)16-9(8(3)17)5-4-6-15-12(14)19/h7,9-10H,4-6,13H2,1-3H3,(H,16,18)(H3,14,15,19)/t9-,10-/m0/s1. The van der Waals surface area contributed by atoms with Crippen molar-refractivity contribution in [2.45, 2.75) is 45.7 Å². The van der Waals surface area contributed by atoms with E-state index in [-0.39, 0.29) is 17.6 Å². The molecule has 0 saturated carbocycles.